The minimum Gasteiger partial charge on any atom is -0.409 e. The first-order valence-corrected chi connectivity index (χ1v) is 5.50. The molecule has 0 spiro atoms. The summed E-state index contributed by atoms with van der Waals surface area (Å²) in [6.45, 7) is -1.46. The fraction of sp³-hybridized carbons (Fsp3) is 0.200. The number of benzene rings is 1. The maximum atomic E-state index is 11.9. The van der Waals surface area contributed by atoms with Crippen molar-refractivity contribution in [3.8, 4) is 0 Å². The lowest BCUT2D eigenvalue weighted by molar-refractivity contribution is -0.122. The molecule has 0 fully saturated rings. The van der Waals surface area contributed by atoms with Gasteiger partial charge >= 0.3 is 12.2 Å². The summed E-state index contributed by atoms with van der Waals surface area (Å²) in [7, 11) is 0. The second-order valence-electron chi connectivity index (χ2n) is 3.60. The molecule has 0 saturated heterocycles. The fourth-order valence-electron chi connectivity index (χ4n) is 1.18. The average Bonchev–Trinajstić information content (AvgIpc) is 2.37. The van der Waals surface area contributed by atoms with E-state index in [-0.39, 0.29) is 16.5 Å². The van der Waals surface area contributed by atoms with Gasteiger partial charge in [-0.3, -0.25) is 0 Å². The van der Waals surface area contributed by atoms with Crippen LogP contribution in [0, 0.1) is 0 Å². The number of anilines is 1. The molecular formula is C10H10ClF3N4O2. The average molecular weight is 311 g/mol. The summed E-state index contributed by atoms with van der Waals surface area (Å²) in [5.74, 6) is -0.194. The summed E-state index contributed by atoms with van der Waals surface area (Å²) < 4.78 is 35.7. The number of halogens is 4. The molecule has 5 N–H and O–H groups in total. The number of hydrogen-bond donors (Lipinski definition) is 4. The zero-order valence-electron chi connectivity index (χ0n) is 9.83. The van der Waals surface area contributed by atoms with Crippen LogP contribution in [0.3, 0.4) is 0 Å². The Kier molecular flexibility index (Phi) is 5.03. The highest BCUT2D eigenvalue weighted by molar-refractivity contribution is 6.34. The number of rotatable bonds is 3. The molecule has 0 bridgehead atoms. The van der Waals surface area contributed by atoms with Gasteiger partial charge in [-0.1, -0.05) is 16.8 Å². The molecular weight excluding hydrogens is 301 g/mol. The third-order valence-electron chi connectivity index (χ3n) is 2.07. The predicted octanol–water partition coefficient (Wildman–Crippen LogP) is 2.12. The van der Waals surface area contributed by atoms with E-state index in [0.29, 0.717) is 5.56 Å². The molecule has 110 valence electrons. The number of nitrogens with one attached hydrogen (secondary N) is 2. The first kappa shape index (κ1) is 15.9. The Labute approximate surface area is 116 Å². The van der Waals surface area contributed by atoms with Crippen LogP contribution in [0.15, 0.2) is 23.4 Å². The Morgan fingerprint density at radius 1 is 1.45 bits per heavy atom. The summed E-state index contributed by atoms with van der Waals surface area (Å²) >= 11 is 5.81. The van der Waals surface area contributed by atoms with Crippen LogP contribution in [0.1, 0.15) is 5.56 Å². The Morgan fingerprint density at radius 3 is 2.60 bits per heavy atom. The number of alkyl halides is 3. The number of amidine groups is 1. The van der Waals surface area contributed by atoms with Gasteiger partial charge in [0.2, 0.25) is 0 Å². The number of nitrogens with two attached hydrogens (primary N) is 1. The van der Waals surface area contributed by atoms with Crippen LogP contribution in [0.5, 0.6) is 0 Å². The molecule has 10 heteroatoms. The Morgan fingerprint density at radius 2 is 2.10 bits per heavy atom. The third kappa shape index (κ3) is 4.84. The predicted molar refractivity (Wildman–Crippen MR) is 67.0 cm³/mol. The molecule has 0 heterocycles. The molecule has 0 aromatic heterocycles. The Hall–Kier alpha value is -2.16. The van der Waals surface area contributed by atoms with Crippen LogP contribution >= 0.6 is 11.6 Å². The summed E-state index contributed by atoms with van der Waals surface area (Å²) in [4.78, 5) is 11.2. The van der Waals surface area contributed by atoms with E-state index in [1.807, 2.05) is 0 Å². The number of amides is 2. The lowest BCUT2D eigenvalue weighted by Gasteiger charge is -2.11. The van der Waals surface area contributed by atoms with E-state index < -0.39 is 18.8 Å². The number of carbonyl (C=O) groups excluding carboxylic acids is 1. The van der Waals surface area contributed by atoms with Crippen molar-refractivity contribution in [2.45, 2.75) is 6.18 Å². The third-order valence-corrected chi connectivity index (χ3v) is 2.38. The number of nitrogens with zero attached hydrogens (tertiary/aromatic N) is 1. The van der Waals surface area contributed by atoms with E-state index in [1.165, 1.54) is 18.2 Å². The van der Waals surface area contributed by atoms with Crippen molar-refractivity contribution in [2.24, 2.45) is 10.9 Å². The molecule has 0 saturated carbocycles. The van der Waals surface area contributed by atoms with Gasteiger partial charge in [0.15, 0.2) is 5.84 Å². The summed E-state index contributed by atoms with van der Waals surface area (Å²) in [6, 6.07) is 2.92. The van der Waals surface area contributed by atoms with Crippen LogP contribution in [0.25, 0.3) is 0 Å². The van der Waals surface area contributed by atoms with Gasteiger partial charge in [0.1, 0.15) is 6.54 Å². The van der Waals surface area contributed by atoms with Crippen molar-refractivity contribution in [3.63, 3.8) is 0 Å². The van der Waals surface area contributed by atoms with Crippen molar-refractivity contribution in [1.29, 1.82) is 0 Å². The number of hydrogen-bond acceptors (Lipinski definition) is 3. The molecule has 0 radical (unpaired) electrons. The molecule has 1 aromatic rings. The smallest absolute Gasteiger partial charge is 0.405 e. The number of carbonyl (C=O) groups is 1. The highest BCUT2D eigenvalue weighted by Gasteiger charge is 2.27. The van der Waals surface area contributed by atoms with E-state index >= 15 is 0 Å². The van der Waals surface area contributed by atoms with Gasteiger partial charge in [0.05, 0.1) is 10.7 Å². The first-order valence-electron chi connectivity index (χ1n) is 5.12. The highest BCUT2D eigenvalue weighted by atomic mass is 35.5. The Balaban J connectivity index is 2.72. The van der Waals surface area contributed by atoms with Gasteiger partial charge in [-0.15, -0.1) is 0 Å². The standard InChI is InChI=1S/C10H10ClF3N4O2/c11-6-3-5(8(15)18-20)1-2-7(6)17-9(19)16-4-10(12,13)14/h1-3,20H,4H2,(H2,15,18)(H2,16,17,19). The van der Waals surface area contributed by atoms with E-state index in [0.717, 1.165) is 0 Å². The monoisotopic (exact) mass is 310 g/mol. The van der Waals surface area contributed by atoms with E-state index in [9.17, 15) is 18.0 Å². The van der Waals surface area contributed by atoms with Crippen LogP contribution in [0.4, 0.5) is 23.7 Å². The largest absolute Gasteiger partial charge is 0.409 e. The molecule has 0 unspecified atom stereocenters. The van der Waals surface area contributed by atoms with E-state index in [4.69, 9.17) is 22.5 Å². The van der Waals surface area contributed by atoms with Crippen LogP contribution < -0.4 is 16.4 Å². The molecule has 6 nitrogen and oxygen atoms in total. The second kappa shape index (κ2) is 6.33. The van der Waals surface area contributed by atoms with Crippen molar-refractivity contribution in [1.82, 2.24) is 5.32 Å². The first-order chi connectivity index (χ1) is 9.23. The quantitative estimate of drug-likeness (QED) is 0.298. The van der Waals surface area contributed by atoms with Crippen molar-refractivity contribution >= 4 is 29.2 Å². The van der Waals surface area contributed by atoms with Crippen LogP contribution in [-0.2, 0) is 0 Å². The van der Waals surface area contributed by atoms with Gasteiger partial charge < -0.3 is 21.6 Å². The van der Waals surface area contributed by atoms with E-state index in [1.54, 1.807) is 5.32 Å². The maximum absolute atomic E-state index is 11.9. The van der Waals surface area contributed by atoms with Gasteiger partial charge in [0, 0.05) is 5.56 Å². The van der Waals surface area contributed by atoms with Crippen LogP contribution in [-0.4, -0.2) is 29.8 Å². The fourth-order valence-corrected chi connectivity index (χ4v) is 1.41. The molecule has 0 aliphatic rings. The van der Waals surface area contributed by atoms with Gasteiger partial charge in [0.25, 0.3) is 0 Å². The zero-order chi connectivity index (χ0) is 15.3. The summed E-state index contributed by atoms with van der Waals surface area (Å²) in [5.41, 5.74) is 5.70. The zero-order valence-corrected chi connectivity index (χ0v) is 10.6. The van der Waals surface area contributed by atoms with Gasteiger partial charge in [-0.2, -0.15) is 13.2 Å². The van der Waals surface area contributed by atoms with E-state index in [2.05, 4.69) is 10.5 Å². The molecule has 1 rings (SSSR count). The summed E-state index contributed by atoms with van der Waals surface area (Å²) in [5, 5.41) is 15.0. The van der Waals surface area contributed by atoms with Crippen LogP contribution in [0.2, 0.25) is 5.02 Å². The molecule has 1 aromatic carbocycles. The molecule has 0 aliphatic carbocycles. The molecule has 20 heavy (non-hydrogen) atoms. The number of urea groups is 1. The topological polar surface area (TPSA) is 99.7 Å². The SMILES string of the molecule is N/C(=N/O)c1ccc(NC(=O)NCC(F)(F)F)c(Cl)c1. The van der Waals surface area contributed by atoms with Gasteiger partial charge in [-0.25, -0.2) is 4.79 Å². The van der Waals surface area contributed by atoms with Crippen molar-refractivity contribution < 1.29 is 23.2 Å². The summed E-state index contributed by atoms with van der Waals surface area (Å²) in [6.07, 6.45) is -4.50. The maximum Gasteiger partial charge on any atom is 0.405 e. The molecule has 0 aliphatic heterocycles. The lowest BCUT2D eigenvalue weighted by Crippen LogP contribution is -2.36. The highest BCUT2D eigenvalue weighted by Crippen LogP contribution is 2.23. The minimum atomic E-state index is -4.50. The van der Waals surface area contributed by atoms with Crippen molar-refractivity contribution in [2.75, 3.05) is 11.9 Å². The number of oxime groups is 1. The minimum absolute atomic E-state index is 0.0243. The molecule has 0 atom stereocenters. The lowest BCUT2D eigenvalue weighted by atomic mass is 10.2. The normalized spacial score (nSPS) is 12.1. The van der Waals surface area contributed by atoms with Crippen molar-refractivity contribution in [3.05, 3.63) is 28.8 Å². The second-order valence-corrected chi connectivity index (χ2v) is 4.01. The Bertz CT molecular complexity index is 534. The van der Waals surface area contributed by atoms with Gasteiger partial charge in [-0.05, 0) is 18.2 Å². The molecule has 2 amide bonds.